The summed E-state index contributed by atoms with van der Waals surface area (Å²) in [6.45, 7) is 1.22. The third-order valence-electron chi connectivity index (χ3n) is 5.79. The molecular weight excluding hydrogens is 488 g/mol. The average molecular weight is 509 g/mol. The van der Waals surface area contributed by atoms with Crippen molar-refractivity contribution < 1.29 is 23.9 Å². The first-order chi connectivity index (χ1) is 17.5. The molecule has 2 aromatic heterocycles. The Hall–Kier alpha value is -4.25. The Morgan fingerprint density at radius 3 is 2.31 bits per heavy atom. The van der Waals surface area contributed by atoms with Gasteiger partial charge in [0.25, 0.3) is 5.91 Å². The van der Waals surface area contributed by atoms with Crippen molar-refractivity contribution in [1.82, 2.24) is 24.8 Å². The highest BCUT2D eigenvalue weighted by Gasteiger charge is 2.44. The Bertz CT molecular complexity index is 1270. The molecule has 3 amide bonds. The van der Waals surface area contributed by atoms with Gasteiger partial charge in [-0.3, -0.25) is 9.78 Å². The zero-order valence-electron chi connectivity index (χ0n) is 19.0. The van der Waals surface area contributed by atoms with Crippen LogP contribution in [0, 0.1) is 0 Å². The van der Waals surface area contributed by atoms with E-state index >= 15 is 0 Å². The molecule has 1 atom stereocenters. The molecule has 2 aliphatic heterocycles. The average Bonchev–Trinajstić information content (AvgIpc) is 3.19. The second kappa shape index (κ2) is 10.2. The number of ether oxygens (including phenoxy) is 2. The first-order valence-electron chi connectivity index (χ1n) is 11.2. The smallest absolute Gasteiger partial charge is 0.412 e. The number of piperazine rings is 1. The van der Waals surface area contributed by atoms with Gasteiger partial charge in [0, 0.05) is 44.8 Å². The molecule has 0 aliphatic carbocycles. The number of pyridine rings is 1. The lowest BCUT2D eigenvalue weighted by Gasteiger charge is -2.34. The van der Waals surface area contributed by atoms with Crippen molar-refractivity contribution in [3.8, 4) is 0 Å². The van der Waals surface area contributed by atoms with Crippen LogP contribution in [-0.2, 0) is 16.1 Å². The fourth-order valence-electron chi connectivity index (χ4n) is 3.93. The van der Waals surface area contributed by atoms with E-state index in [0.717, 1.165) is 5.56 Å². The van der Waals surface area contributed by atoms with Crippen LogP contribution in [0.15, 0.2) is 61.1 Å². The van der Waals surface area contributed by atoms with E-state index in [1.165, 1.54) is 33.3 Å². The van der Waals surface area contributed by atoms with Crippen LogP contribution in [0.5, 0.6) is 0 Å². The molecule has 0 N–H and O–H groups in total. The highest BCUT2D eigenvalue weighted by atomic mass is 35.5. The maximum atomic E-state index is 13.0. The van der Waals surface area contributed by atoms with E-state index in [0.29, 0.717) is 5.02 Å². The maximum Gasteiger partial charge on any atom is 0.412 e. The lowest BCUT2D eigenvalue weighted by Crippen LogP contribution is -2.51. The van der Waals surface area contributed by atoms with Gasteiger partial charge in [0.1, 0.15) is 18.1 Å². The second-order valence-electron chi connectivity index (χ2n) is 8.05. The van der Waals surface area contributed by atoms with E-state index in [1.54, 1.807) is 12.1 Å². The quantitative estimate of drug-likeness (QED) is 0.527. The summed E-state index contributed by atoms with van der Waals surface area (Å²) >= 11 is 5.93. The molecule has 184 valence electrons. The fourth-order valence-corrected chi connectivity index (χ4v) is 4.04. The molecular formula is C24H21ClN6O5. The van der Waals surface area contributed by atoms with Gasteiger partial charge in [-0.1, -0.05) is 41.9 Å². The van der Waals surface area contributed by atoms with Gasteiger partial charge in [-0.25, -0.2) is 24.5 Å². The van der Waals surface area contributed by atoms with Gasteiger partial charge in [0.15, 0.2) is 5.69 Å². The van der Waals surface area contributed by atoms with Crippen molar-refractivity contribution in [2.24, 2.45) is 0 Å². The second-order valence-corrected chi connectivity index (χ2v) is 8.49. The Morgan fingerprint density at radius 2 is 1.61 bits per heavy atom. The number of halogens is 1. The minimum atomic E-state index is -1.14. The molecule has 5 rings (SSSR count). The maximum absolute atomic E-state index is 13.0. The number of aromatic nitrogens is 3. The Balaban J connectivity index is 1.22. The third-order valence-corrected chi connectivity index (χ3v) is 6.01. The molecule has 0 spiro atoms. The van der Waals surface area contributed by atoms with Gasteiger partial charge in [-0.05, 0) is 17.7 Å². The molecule has 2 aliphatic rings. The Morgan fingerprint density at radius 1 is 0.917 bits per heavy atom. The van der Waals surface area contributed by atoms with Crippen LogP contribution in [0.2, 0.25) is 5.02 Å². The van der Waals surface area contributed by atoms with Crippen LogP contribution in [0.3, 0.4) is 0 Å². The first-order valence-corrected chi connectivity index (χ1v) is 11.6. The lowest BCUT2D eigenvalue weighted by molar-refractivity contribution is 0.0384. The Kier molecular flexibility index (Phi) is 6.63. The standard InChI is InChI=1S/C24H21ClN6O5/c25-17-6-7-18(28-14-17)31-21(32)19-20(27-9-8-26-19)22(31)36-24(34)30-12-10-29(11-13-30)23(33)35-15-16-4-2-1-3-5-16/h1-9,14,22H,10-13,15H2/t22-/m0/s1. The van der Waals surface area contributed by atoms with Gasteiger partial charge in [-0.15, -0.1) is 0 Å². The molecule has 12 heteroatoms. The number of carbonyl (C=O) groups is 3. The van der Waals surface area contributed by atoms with Crippen molar-refractivity contribution in [3.05, 3.63) is 83.0 Å². The van der Waals surface area contributed by atoms with E-state index in [-0.39, 0.29) is 50.0 Å². The number of hydrogen-bond acceptors (Lipinski definition) is 8. The highest BCUT2D eigenvalue weighted by Crippen LogP contribution is 2.35. The molecule has 3 aromatic rings. The predicted molar refractivity (Wildman–Crippen MR) is 127 cm³/mol. The van der Waals surface area contributed by atoms with Gasteiger partial charge < -0.3 is 19.3 Å². The SMILES string of the molecule is O=C(OCc1ccccc1)N1CCN(C(=O)O[C@H]2c3nccnc3C(=O)N2c2ccc(Cl)cn2)CC1. The predicted octanol–water partition coefficient (Wildman–Crippen LogP) is 3.28. The molecule has 0 radical (unpaired) electrons. The summed E-state index contributed by atoms with van der Waals surface area (Å²) < 4.78 is 11.1. The number of rotatable bonds is 4. The summed E-state index contributed by atoms with van der Waals surface area (Å²) in [7, 11) is 0. The van der Waals surface area contributed by atoms with Crippen LogP contribution in [-0.4, -0.2) is 69.0 Å². The minimum absolute atomic E-state index is 0.0815. The minimum Gasteiger partial charge on any atom is -0.445 e. The van der Waals surface area contributed by atoms with Crippen LogP contribution in [0.4, 0.5) is 15.4 Å². The van der Waals surface area contributed by atoms with Crippen molar-refractivity contribution in [3.63, 3.8) is 0 Å². The number of fused-ring (bicyclic) bond motifs is 1. The van der Waals surface area contributed by atoms with E-state index in [2.05, 4.69) is 15.0 Å². The van der Waals surface area contributed by atoms with Crippen molar-refractivity contribution in [2.75, 3.05) is 31.1 Å². The van der Waals surface area contributed by atoms with Gasteiger partial charge >= 0.3 is 12.2 Å². The van der Waals surface area contributed by atoms with E-state index in [4.69, 9.17) is 21.1 Å². The molecule has 0 saturated carbocycles. The number of amides is 3. The van der Waals surface area contributed by atoms with Crippen LogP contribution in [0.25, 0.3) is 0 Å². The van der Waals surface area contributed by atoms with Gasteiger partial charge in [-0.2, -0.15) is 0 Å². The topological polar surface area (TPSA) is 118 Å². The highest BCUT2D eigenvalue weighted by molar-refractivity contribution is 6.30. The Labute approximate surface area is 211 Å². The molecule has 0 unspecified atom stereocenters. The largest absolute Gasteiger partial charge is 0.445 e. The van der Waals surface area contributed by atoms with Crippen LogP contribution in [0.1, 0.15) is 28.0 Å². The number of carbonyl (C=O) groups excluding carboxylic acids is 3. The monoisotopic (exact) mass is 508 g/mol. The summed E-state index contributed by atoms with van der Waals surface area (Å²) in [4.78, 5) is 55.2. The molecule has 0 bridgehead atoms. The third kappa shape index (κ3) is 4.78. The summed E-state index contributed by atoms with van der Waals surface area (Å²) in [5.74, 6) is -0.246. The van der Waals surface area contributed by atoms with E-state index in [9.17, 15) is 14.4 Å². The van der Waals surface area contributed by atoms with Gasteiger partial charge in [0.05, 0.1) is 5.02 Å². The molecule has 1 fully saturated rings. The van der Waals surface area contributed by atoms with Crippen LogP contribution < -0.4 is 4.90 Å². The fraction of sp³-hybridized carbons (Fsp3) is 0.250. The summed E-state index contributed by atoms with van der Waals surface area (Å²) in [5.41, 5.74) is 1.19. The number of anilines is 1. The number of benzene rings is 1. The number of hydrogen-bond donors (Lipinski definition) is 0. The molecule has 4 heterocycles. The first kappa shape index (κ1) is 23.5. The zero-order valence-corrected chi connectivity index (χ0v) is 19.7. The summed E-state index contributed by atoms with van der Waals surface area (Å²) in [6, 6.07) is 12.5. The molecule has 1 saturated heterocycles. The van der Waals surface area contributed by atoms with E-state index in [1.807, 2.05) is 30.3 Å². The van der Waals surface area contributed by atoms with Crippen LogP contribution >= 0.6 is 11.6 Å². The van der Waals surface area contributed by atoms with Crippen molar-refractivity contribution in [1.29, 1.82) is 0 Å². The number of nitrogens with zero attached hydrogens (tertiary/aromatic N) is 6. The van der Waals surface area contributed by atoms with Crippen molar-refractivity contribution >= 4 is 35.5 Å². The van der Waals surface area contributed by atoms with Gasteiger partial charge in [0.2, 0.25) is 6.23 Å². The molecule has 11 nitrogen and oxygen atoms in total. The van der Waals surface area contributed by atoms with Crippen molar-refractivity contribution in [2.45, 2.75) is 12.8 Å². The molecule has 36 heavy (non-hydrogen) atoms. The zero-order chi connectivity index (χ0) is 25.1. The van der Waals surface area contributed by atoms with E-state index < -0.39 is 24.3 Å². The summed E-state index contributed by atoms with van der Waals surface area (Å²) in [5, 5.41) is 0.396. The lowest BCUT2D eigenvalue weighted by atomic mass is 10.2. The normalized spacial score (nSPS) is 17.1. The summed E-state index contributed by atoms with van der Waals surface area (Å²) in [6.07, 6.45) is 1.97. The molecule has 1 aromatic carbocycles.